The van der Waals surface area contributed by atoms with E-state index in [-0.39, 0.29) is 24.4 Å². The van der Waals surface area contributed by atoms with Gasteiger partial charge in [-0.15, -0.1) is 0 Å². The fourth-order valence-electron chi connectivity index (χ4n) is 2.75. The molecule has 0 bridgehead atoms. The van der Waals surface area contributed by atoms with E-state index in [1.807, 2.05) is 13.0 Å². The molecule has 140 valence electrons. The average Bonchev–Trinajstić information content (AvgIpc) is 2.86. The Kier molecular flexibility index (Phi) is 5.82. The predicted octanol–water partition coefficient (Wildman–Crippen LogP) is 4.22. The molecule has 0 unspecified atom stereocenters. The van der Waals surface area contributed by atoms with Crippen LogP contribution in [0.1, 0.15) is 32.7 Å². The Balaban J connectivity index is 1.48. The maximum Gasteiger partial charge on any atom is 0.319 e. The smallest absolute Gasteiger partial charge is 0.319 e. The number of nitrogens with one attached hydrogen (secondary N) is 2. The van der Waals surface area contributed by atoms with Crippen molar-refractivity contribution < 1.29 is 14.4 Å². The van der Waals surface area contributed by atoms with Crippen molar-refractivity contribution >= 4 is 51.1 Å². The van der Waals surface area contributed by atoms with E-state index in [4.69, 9.17) is 11.6 Å². The van der Waals surface area contributed by atoms with Crippen LogP contribution in [0.2, 0.25) is 5.02 Å². The molecule has 0 atom stereocenters. The molecular weight excluding hydrogens is 434 g/mol. The van der Waals surface area contributed by atoms with Crippen molar-refractivity contribution in [2.45, 2.75) is 13.3 Å². The van der Waals surface area contributed by atoms with E-state index in [9.17, 15) is 14.4 Å². The topological polar surface area (TPSA) is 78.5 Å². The van der Waals surface area contributed by atoms with E-state index >= 15 is 0 Å². The van der Waals surface area contributed by atoms with Gasteiger partial charge in [0.2, 0.25) is 0 Å². The van der Waals surface area contributed by atoms with Crippen LogP contribution in [-0.2, 0) is 0 Å². The number of anilines is 1. The van der Waals surface area contributed by atoms with E-state index in [0.29, 0.717) is 34.8 Å². The van der Waals surface area contributed by atoms with Gasteiger partial charge in [0.05, 0.1) is 11.1 Å². The average molecular weight is 451 g/mol. The zero-order valence-electron chi connectivity index (χ0n) is 14.5. The third kappa shape index (κ3) is 4.31. The molecule has 0 spiro atoms. The molecule has 1 aliphatic heterocycles. The minimum Gasteiger partial charge on any atom is -0.338 e. The summed E-state index contributed by atoms with van der Waals surface area (Å²) in [5, 5.41) is 5.96. The van der Waals surface area contributed by atoms with Gasteiger partial charge in [0.25, 0.3) is 11.8 Å². The molecule has 2 aromatic carbocycles. The van der Waals surface area contributed by atoms with E-state index in [1.165, 1.54) is 4.90 Å². The number of fused-ring (bicyclic) bond motifs is 1. The standard InChI is InChI=1S/C19H17BrClN3O3/c1-11-3-5-13(10-16(11)21)23-19(27)22-7-2-8-24-17(25)14-6-4-12(20)9-15(14)18(24)26/h3-6,9-10H,2,7-8H2,1H3,(H2,22,23,27). The van der Waals surface area contributed by atoms with Crippen molar-refractivity contribution in [3.8, 4) is 0 Å². The molecule has 8 heteroatoms. The fraction of sp³-hybridized carbons (Fsp3) is 0.211. The lowest BCUT2D eigenvalue weighted by Crippen LogP contribution is -2.35. The Bertz CT molecular complexity index is 932. The number of carbonyl (C=O) groups is 3. The minimum absolute atomic E-state index is 0.237. The molecule has 0 aliphatic carbocycles. The molecular formula is C19H17BrClN3O3. The first-order valence-electron chi connectivity index (χ1n) is 8.33. The van der Waals surface area contributed by atoms with Gasteiger partial charge in [0, 0.05) is 28.3 Å². The van der Waals surface area contributed by atoms with E-state index < -0.39 is 0 Å². The third-order valence-electron chi connectivity index (χ3n) is 4.21. The van der Waals surface area contributed by atoms with Gasteiger partial charge in [-0.25, -0.2) is 4.79 Å². The minimum atomic E-state index is -0.374. The highest BCUT2D eigenvalue weighted by atomic mass is 79.9. The number of urea groups is 1. The molecule has 0 fully saturated rings. The zero-order valence-corrected chi connectivity index (χ0v) is 16.9. The summed E-state index contributed by atoms with van der Waals surface area (Å²) < 4.78 is 0.749. The number of benzene rings is 2. The second-order valence-electron chi connectivity index (χ2n) is 6.15. The van der Waals surface area contributed by atoms with Gasteiger partial charge < -0.3 is 10.6 Å². The monoisotopic (exact) mass is 449 g/mol. The first-order valence-corrected chi connectivity index (χ1v) is 9.50. The molecule has 1 heterocycles. The summed E-state index contributed by atoms with van der Waals surface area (Å²) in [6, 6.07) is 9.90. The van der Waals surface area contributed by atoms with E-state index in [2.05, 4.69) is 26.6 Å². The van der Waals surface area contributed by atoms with Gasteiger partial charge in [-0.05, 0) is 49.2 Å². The summed E-state index contributed by atoms with van der Waals surface area (Å²) in [5.41, 5.74) is 2.33. The number of carbonyl (C=O) groups excluding carboxylic acids is 3. The van der Waals surface area contributed by atoms with Crippen LogP contribution >= 0.6 is 27.5 Å². The Morgan fingerprint density at radius 1 is 1.11 bits per heavy atom. The van der Waals surface area contributed by atoms with Crippen molar-refractivity contribution in [2.24, 2.45) is 0 Å². The predicted molar refractivity (Wildman–Crippen MR) is 107 cm³/mol. The Morgan fingerprint density at radius 3 is 2.59 bits per heavy atom. The lowest BCUT2D eigenvalue weighted by Gasteiger charge is -2.14. The molecule has 3 rings (SSSR count). The number of aryl methyl sites for hydroxylation is 1. The summed E-state index contributed by atoms with van der Waals surface area (Å²) >= 11 is 9.33. The van der Waals surface area contributed by atoms with E-state index in [0.717, 1.165) is 10.0 Å². The molecule has 0 saturated carbocycles. The summed E-state index contributed by atoms with van der Waals surface area (Å²) in [4.78, 5) is 37.8. The number of hydrogen-bond donors (Lipinski definition) is 2. The summed E-state index contributed by atoms with van der Waals surface area (Å²) in [7, 11) is 0. The molecule has 6 nitrogen and oxygen atoms in total. The Hall–Kier alpha value is -2.38. The summed E-state index contributed by atoms with van der Waals surface area (Å²) in [5.74, 6) is -0.615. The van der Waals surface area contributed by atoms with E-state index in [1.54, 1.807) is 30.3 Å². The molecule has 2 aromatic rings. The van der Waals surface area contributed by atoms with Gasteiger partial charge >= 0.3 is 6.03 Å². The summed E-state index contributed by atoms with van der Waals surface area (Å²) in [6.45, 7) is 2.44. The lowest BCUT2D eigenvalue weighted by molar-refractivity contribution is 0.0653. The van der Waals surface area contributed by atoms with Crippen LogP contribution in [0.15, 0.2) is 40.9 Å². The van der Waals surface area contributed by atoms with Crippen LogP contribution in [0, 0.1) is 6.92 Å². The number of nitrogens with zero attached hydrogens (tertiary/aromatic N) is 1. The Morgan fingerprint density at radius 2 is 1.85 bits per heavy atom. The first kappa shape index (κ1) is 19.4. The highest BCUT2D eigenvalue weighted by Crippen LogP contribution is 2.26. The molecule has 4 amide bonds. The van der Waals surface area contributed by atoms with Gasteiger partial charge in [0.1, 0.15) is 0 Å². The molecule has 2 N–H and O–H groups in total. The van der Waals surface area contributed by atoms with Crippen molar-refractivity contribution in [1.82, 2.24) is 10.2 Å². The quantitative estimate of drug-likeness (QED) is 0.529. The molecule has 0 radical (unpaired) electrons. The first-order chi connectivity index (χ1) is 12.9. The zero-order chi connectivity index (χ0) is 19.6. The highest BCUT2D eigenvalue weighted by molar-refractivity contribution is 9.10. The molecule has 1 aliphatic rings. The van der Waals surface area contributed by atoms with Crippen molar-refractivity contribution in [3.63, 3.8) is 0 Å². The van der Waals surface area contributed by atoms with Crippen LogP contribution in [0.25, 0.3) is 0 Å². The summed E-state index contributed by atoms with van der Waals surface area (Å²) in [6.07, 6.45) is 0.453. The maximum absolute atomic E-state index is 12.4. The second kappa shape index (κ2) is 8.10. The van der Waals surface area contributed by atoms with Crippen molar-refractivity contribution in [3.05, 3.63) is 62.6 Å². The maximum atomic E-state index is 12.4. The largest absolute Gasteiger partial charge is 0.338 e. The van der Waals surface area contributed by atoms with Crippen molar-refractivity contribution in [2.75, 3.05) is 18.4 Å². The fourth-order valence-corrected chi connectivity index (χ4v) is 3.29. The normalized spacial score (nSPS) is 12.9. The van der Waals surface area contributed by atoms with Crippen molar-refractivity contribution in [1.29, 1.82) is 0 Å². The van der Waals surface area contributed by atoms with Crippen LogP contribution in [0.4, 0.5) is 10.5 Å². The second-order valence-corrected chi connectivity index (χ2v) is 7.47. The third-order valence-corrected chi connectivity index (χ3v) is 5.11. The van der Waals surface area contributed by atoms with Gasteiger partial charge in [-0.1, -0.05) is 33.6 Å². The molecule has 27 heavy (non-hydrogen) atoms. The van der Waals surface area contributed by atoms with Gasteiger partial charge in [0.15, 0.2) is 0 Å². The van der Waals surface area contributed by atoms with Gasteiger partial charge in [-0.2, -0.15) is 0 Å². The van der Waals surface area contributed by atoms with Crippen LogP contribution < -0.4 is 10.6 Å². The molecule has 0 saturated heterocycles. The number of amides is 4. The van der Waals surface area contributed by atoms with Crippen LogP contribution in [0.3, 0.4) is 0 Å². The highest BCUT2D eigenvalue weighted by Gasteiger charge is 2.34. The number of rotatable bonds is 5. The number of imide groups is 1. The van der Waals surface area contributed by atoms with Crippen LogP contribution in [0.5, 0.6) is 0 Å². The van der Waals surface area contributed by atoms with Crippen LogP contribution in [-0.4, -0.2) is 35.8 Å². The van der Waals surface area contributed by atoms with Gasteiger partial charge in [-0.3, -0.25) is 14.5 Å². The lowest BCUT2D eigenvalue weighted by atomic mass is 10.1. The SMILES string of the molecule is Cc1ccc(NC(=O)NCCCN2C(=O)c3ccc(Br)cc3C2=O)cc1Cl. The molecule has 0 aromatic heterocycles. The Labute approximate surface area is 170 Å². The number of halogens is 2. The number of hydrogen-bond acceptors (Lipinski definition) is 3.